The zero-order valence-electron chi connectivity index (χ0n) is 9.70. The molecule has 0 aliphatic carbocycles. The molecular formula is C13H18N2. The van der Waals surface area contributed by atoms with Gasteiger partial charge >= 0.3 is 0 Å². The summed E-state index contributed by atoms with van der Waals surface area (Å²) in [4.78, 5) is 0. The Kier molecular flexibility index (Phi) is 2.51. The molecule has 0 N–H and O–H groups in total. The topological polar surface area (TPSA) is 17.3 Å². The molecule has 0 bridgehead atoms. The molecule has 0 fully saturated rings. The van der Waals surface area contributed by atoms with Crippen molar-refractivity contribution in [3.8, 4) is 0 Å². The van der Waals surface area contributed by atoms with Gasteiger partial charge in [-0.2, -0.15) is 5.10 Å². The summed E-state index contributed by atoms with van der Waals surface area (Å²) < 4.78 is 1.95. The molecule has 2 nitrogen and oxygen atoms in total. The van der Waals surface area contributed by atoms with E-state index in [4.69, 9.17) is 0 Å². The van der Waals surface area contributed by atoms with Crippen LogP contribution in [-0.4, -0.2) is 9.61 Å². The zero-order chi connectivity index (χ0) is 10.9. The van der Waals surface area contributed by atoms with E-state index in [0.29, 0.717) is 0 Å². The predicted octanol–water partition coefficient (Wildman–Crippen LogP) is 3.41. The van der Waals surface area contributed by atoms with Crippen LogP contribution in [0.1, 0.15) is 39.3 Å². The first-order chi connectivity index (χ1) is 7.13. The van der Waals surface area contributed by atoms with Gasteiger partial charge in [0.25, 0.3) is 0 Å². The maximum atomic E-state index is 4.62. The van der Waals surface area contributed by atoms with Crippen molar-refractivity contribution in [3.63, 3.8) is 0 Å². The van der Waals surface area contributed by atoms with E-state index in [1.807, 2.05) is 22.8 Å². The lowest BCUT2D eigenvalue weighted by Gasteiger charge is -2.20. The second-order valence-corrected chi connectivity index (χ2v) is 4.73. The highest BCUT2D eigenvalue weighted by molar-refractivity contribution is 5.48. The molecular weight excluding hydrogens is 184 g/mol. The summed E-state index contributed by atoms with van der Waals surface area (Å²) in [5.74, 6) is 0. The molecule has 2 rings (SSSR count). The van der Waals surface area contributed by atoms with E-state index in [1.165, 1.54) is 24.1 Å². The van der Waals surface area contributed by atoms with Crippen molar-refractivity contribution >= 4 is 5.52 Å². The normalized spacial score (nSPS) is 12.2. The van der Waals surface area contributed by atoms with Gasteiger partial charge in [0, 0.05) is 11.6 Å². The standard InChI is InChI=1S/C13H18N2/c1-4-8-13(2,3)12-10-11-7-5-6-9-15(11)14-12/h5-7,9-10H,4,8H2,1-3H3. The fraction of sp³-hybridized carbons (Fsp3) is 0.462. The molecule has 2 aromatic rings. The highest BCUT2D eigenvalue weighted by Gasteiger charge is 2.22. The molecule has 0 amide bonds. The average molecular weight is 202 g/mol. The predicted molar refractivity (Wildman–Crippen MR) is 63.1 cm³/mol. The lowest BCUT2D eigenvalue weighted by molar-refractivity contribution is 0.457. The van der Waals surface area contributed by atoms with E-state index in [9.17, 15) is 0 Å². The number of aromatic nitrogens is 2. The Morgan fingerprint density at radius 2 is 2.13 bits per heavy atom. The number of hydrogen-bond donors (Lipinski definition) is 0. The first-order valence-corrected chi connectivity index (χ1v) is 5.58. The summed E-state index contributed by atoms with van der Waals surface area (Å²) in [6.45, 7) is 6.74. The van der Waals surface area contributed by atoms with E-state index in [-0.39, 0.29) is 5.41 Å². The minimum Gasteiger partial charge on any atom is -0.241 e. The lowest BCUT2D eigenvalue weighted by Crippen LogP contribution is -2.17. The van der Waals surface area contributed by atoms with Crippen LogP contribution in [-0.2, 0) is 5.41 Å². The lowest BCUT2D eigenvalue weighted by atomic mass is 9.85. The molecule has 0 saturated heterocycles. The fourth-order valence-electron chi connectivity index (χ4n) is 2.02. The van der Waals surface area contributed by atoms with Gasteiger partial charge in [0.05, 0.1) is 11.2 Å². The van der Waals surface area contributed by atoms with Crippen LogP contribution in [0.2, 0.25) is 0 Å². The summed E-state index contributed by atoms with van der Waals surface area (Å²) in [5, 5.41) is 4.62. The van der Waals surface area contributed by atoms with Gasteiger partial charge in [0.1, 0.15) is 0 Å². The van der Waals surface area contributed by atoms with E-state index in [1.54, 1.807) is 0 Å². The molecule has 0 radical (unpaired) electrons. The molecule has 80 valence electrons. The van der Waals surface area contributed by atoms with Gasteiger partial charge in [0.2, 0.25) is 0 Å². The van der Waals surface area contributed by atoms with Crippen LogP contribution >= 0.6 is 0 Å². The maximum Gasteiger partial charge on any atom is 0.0691 e. The second kappa shape index (κ2) is 3.69. The molecule has 2 aromatic heterocycles. The number of pyridine rings is 1. The van der Waals surface area contributed by atoms with Crippen LogP contribution in [0.4, 0.5) is 0 Å². The highest BCUT2D eigenvalue weighted by Crippen LogP contribution is 2.27. The van der Waals surface area contributed by atoms with Crippen molar-refractivity contribution in [2.24, 2.45) is 0 Å². The smallest absolute Gasteiger partial charge is 0.0691 e. The molecule has 0 spiro atoms. The summed E-state index contributed by atoms with van der Waals surface area (Å²) in [5.41, 5.74) is 2.55. The SMILES string of the molecule is CCCC(C)(C)c1cc2ccccn2n1. The van der Waals surface area contributed by atoms with Crippen LogP contribution in [0, 0.1) is 0 Å². The molecule has 15 heavy (non-hydrogen) atoms. The molecule has 0 saturated carbocycles. The summed E-state index contributed by atoms with van der Waals surface area (Å²) >= 11 is 0. The molecule has 0 unspecified atom stereocenters. The van der Waals surface area contributed by atoms with Crippen LogP contribution in [0.15, 0.2) is 30.5 Å². The number of fused-ring (bicyclic) bond motifs is 1. The van der Waals surface area contributed by atoms with Gasteiger partial charge in [-0.25, -0.2) is 4.52 Å². The Morgan fingerprint density at radius 3 is 2.80 bits per heavy atom. The Balaban J connectivity index is 2.44. The van der Waals surface area contributed by atoms with Gasteiger partial charge in [-0.05, 0) is 24.6 Å². The van der Waals surface area contributed by atoms with Crippen LogP contribution in [0.5, 0.6) is 0 Å². The monoisotopic (exact) mass is 202 g/mol. The largest absolute Gasteiger partial charge is 0.241 e. The van der Waals surface area contributed by atoms with Crippen LogP contribution in [0.25, 0.3) is 5.52 Å². The first-order valence-electron chi connectivity index (χ1n) is 5.58. The Hall–Kier alpha value is -1.31. The van der Waals surface area contributed by atoms with Crippen molar-refractivity contribution in [2.45, 2.75) is 39.0 Å². The summed E-state index contributed by atoms with van der Waals surface area (Å²) in [6, 6.07) is 8.35. The Morgan fingerprint density at radius 1 is 1.33 bits per heavy atom. The third-order valence-corrected chi connectivity index (χ3v) is 2.94. The fourth-order valence-corrected chi connectivity index (χ4v) is 2.02. The number of rotatable bonds is 3. The molecule has 2 heteroatoms. The summed E-state index contributed by atoms with van der Waals surface area (Å²) in [6.07, 6.45) is 4.37. The summed E-state index contributed by atoms with van der Waals surface area (Å²) in [7, 11) is 0. The number of hydrogen-bond acceptors (Lipinski definition) is 1. The van der Waals surface area contributed by atoms with Gasteiger partial charge in [-0.1, -0.05) is 33.3 Å². The van der Waals surface area contributed by atoms with Gasteiger partial charge in [-0.15, -0.1) is 0 Å². The molecule has 0 aliphatic rings. The molecule has 2 heterocycles. The maximum absolute atomic E-state index is 4.62. The van der Waals surface area contributed by atoms with E-state index < -0.39 is 0 Å². The second-order valence-electron chi connectivity index (χ2n) is 4.73. The van der Waals surface area contributed by atoms with E-state index in [0.717, 1.165) is 0 Å². The third kappa shape index (κ3) is 1.89. The third-order valence-electron chi connectivity index (χ3n) is 2.94. The zero-order valence-corrected chi connectivity index (χ0v) is 9.70. The first kappa shape index (κ1) is 10.2. The Labute approximate surface area is 90.9 Å². The molecule has 0 aromatic carbocycles. The van der Waals surface area contributed by atoms with Crippen molar-refractivity contribution in [3.05, 3.63) is 36.2 Å². The minimum absolute atomic E-state index is 0.181. The Bertz CT molecular complexity index is 421. The van der Waals surface area contributed by atoms with Crippen molar-refractivity contribution < 1.29 is 0 Å². The van der Waals surface area contributed by atoms with E-state index >= 15 is 0 Å². The van der Waals surface area contributed by atoms with Crippen molar-refractivity contribution in [2.75, 3.05) is 0 Å². The molecule has 0 atom stereocenters. The minimum atomic E-state index is 0.181. The highest BCUT2D eigenvalue weighted by atomic mass is 15.2. The van der Waals surface area contributed by atoms with Crippen LogP contribution < -0.4 is 0 Å². The number of nitrogens with zero attached hydrogens (tertiary/aromatic N) is 2. The average Bonchev–Trinajstić information content (AvgIpc) is 2.61. The van der Waals surface area contributed by atoms with Gasteiger partial charge < -0.3 is 0 Å². The van der Waals surface area contributed by atoms with Gasteiger partial charge in [0.15, 0.2) is 0 Å². The van der Waals surface area contributed by atoms with Crippen molar-refractivity contribution in [1.29, 1.82) is 0 Å². The molecule has 0 aliphatic heterocycles. The van der Waals surface area contributed by atoms with Gasteiger partial charge in [-0.3, -0.25) is 0 Å². The van der Waals surface area contributed by atoms with Crippen LogP contribution in [0.3, 0.4) is 0 Å². The quantitative estimate of drug-likeness (QED) is 0.745. The van der Waals surface area contributed by atoms with Crippen molar-refractivity contribution in [1.82, 2.24) is 9.61 Å². The van der Waals surface area contributed by atoms with E-state index in [2.05, 4.69) is 38.0 Å².